The molecule has 3 fully saturated rings. The number of carbonyl (C=O) groups excluding carboxylic acids is 1. The highest BCUT2D eigenvalue weighted by molar-refractivity contribution is 5.76. The molecule has 0 aromatic carbocycles. The molecule has 2 aliphatic heterocycles. The summed E-state index contributed by atoms with van der Waals surface area (Å²) >= 11 is 0. The summed E-state index contributed by atoms with van der Waals surface area (Å²) < 4.78 is 16.9. The number of hydrogen-bond donors (Lipinski definition) is 0. The first-order chi connectivity index (χ1) is 12.0. The van der Waals surface area contributed by atoms with Gasteiger partial charge in [-0.15, -0.1) is 0 Å². The lowest BCUT2D eigenvalue weighted by molar-refractivity contribution is -0.145. The Bertz CT molecular complexity index is 568. The van der Waals surface area contributed by atoms with Crippen molar-refractivity contribution in [2.75, 3.05) is 33.4 Å². The molecule has 25 heavy (non-hydrogen) atoms. The Hall–Kier alpha value is -0.910. The maximum absolute atomic E-state index is 12.6. The van der Waals surface area contributed by atoms with E-state index in [4.69, 9.17) is 14.2 Å². The molecule has 2 saturated heterocycles. The van der Waals surface area contributed by atoms with Gasteiger partial charge in [0, 0.05) is 19.0 Å². The fourth-order valence-electron chi connectivity index (χ4n) is 5.50. The van der Waals surface area contributed by atoms with Gasteiger partial charge in [0.15, 0.2) is 6.29 Å². The minimum atomic E-state index is -0.156. The van der Waals surface area contributed by atoms with E-state index >= 15 is 0 Å². The van der Waals surface area contributed by atoms with Gasteiger partial charge in [0.25, 0.3) is 0 Å². The van der Waals surface area contributed by atoms with Gasteiger partial charge in [-0.2, -0.15) is 0 Å². The van der Waals surface area contributed by atoms with Gasteiger partial charge in [-0.25, -0.2) is 0 Å². The molecule has 2 heterocycles. The van der Waals surface area contributed by atoms with Crippen LogP contribution in [0.4, 0.5) is 0 Å². The Morgan fingerprint density at radius 2 is 2.00 bits per heavy atom. The lowest BCUT2D eigenvalue weighted by atomic mass is 9.59. The molecule has 2 aliphatic carbocycles. The van der Waals surface area contributed by atoms with Crippen LogP contribution in [0.3, 0.4) is 0 Å². The van der Waals surface area contributed by atoms with Crippen LogP contribution in [0.1, 0.15) is 46.0 Å². The number of likely N-dealkylation sites (N-methyl/N-ethyl adjacent to an activating group) is 1. The molecule has 4 atom stereocenters. The lowest BCUT2D eigenvalue weighted by Gasteiger charge is -2.45. The maximum atomic E-state index is 12.6. The third kappa shape index (κ3) is 3.26. The summed E-state index contributed by atoms with van der Waals surface area (Å²) in [5.41, 5.74) is 3.43. The summed E-state index contributed by atoms with van der Waals surface area (Å²) in [6, 6.07) is 0. The molecule has 4 aliphatic rings. The van der Waals surface area contributed by atoms with Gasteiger partial charge in [0.1, 0.15) is 6.10 Å². The zero-order chi connectivity index (χ0) is 17.6. The van der Waals surface area contributed by atoms with Crippen molar-refractivity contribution in [3.8, 4) is 0 Å². The number of esters is 1. The molecule has 1 unspecified atom stereocenters. The molecule has 0 radical (unpaired) electrons. The minimum absolute atomic E-state index is 0.00407. The molecular weight excluding hydrogens is 318 g/mol. The summed E-state index contributed by atoms with van der Waals surface area (Å²) in [4.78, 5) is 14.7. The van der Waals surface area contributed by atoms with Crippen molar-refractivity contribution in [3.63, 3.8) is 0 Å². The molecule has 0 aromatic heterocycles. The Kier molecular flexibility index (Phi) is 4.67. The summed E-state index contributed by atoms with van der Waals surface area (Å²) in [6.07, 6.45) is 5.71. The molecule has 1 saturated carbocycles. The highest BCUT2D eigenvalue weighted by atomic mass is 16.7. The Morgan fingerprint density at radius 1 is 1.24 bits per heavy atom. The SMILES string of the molecule is CC1=C2C[C@@H]3C(CN(C)CC4OCCO4)C(=O)O[C@@H]3C[C@@]2(C)CCC1. The molecule has 5 heteroatoms. The van der Waals surface area contributed by atoms with Crippen LogP contribution in [0.2, 0.25) is 0 Å². The number of rotatable bonds is 4. The second-order valence-electron chi connectivity index (χ2n) is 8.72. The predicted molar refractivity (Wildman–Crippen MR) is 93.9 cm³/mol. The lowest BCUT2D eigenvalue weighted by Crippen LogP contribution is -2.42. The first-order valence-electron chi connectivity index (χ1n) is 9.77. The fourth-order valence-corrected chi connectivity index (χ4v) is 5.50. The van der Waals surface area contributed by atoms with E-state index in [0.29, 0.717) is 25.7 Å². The van der Waals surface area contributed by atoms with E-state index in [-0.39, 0.29) is 29.7 Å². The van der Waals surface area contributed by atoms with Gasteiger partial charge in [0.2, 0.25) is 0 Å². The molecule has 0 aromatic rings. The maximum Gasteiger partial charge on any atom is 0.310 e. The Labute approximate surface area is 150 Å². The summed E-state index contributed by atoms with van der Waals surface area (Å²) in [5, 5.41) is 0. The molecular formula is C20H31NO4. The second-order valence-corrected chi connectivity index (χ2v) is 8.72. The van der Waals surface area contributed by atoms with E-state index in [9.17, 15) is 4.79 Å². The standard InChI is InChI=1S/C20H31NO4/c1-13-5-4-6-20(2)10-17-14(9-16(13)20)15(19(22)25-17)11-21(3)12-18-23-7-8-24-18/h14-15,17-18H,4-12H2,1-3H3/t14-,15?,17-,20-/m1/s1. The zero-order valence-corrected chi connectivity index (χ0v) is 15.8. The normalized spacial score (nSPS) is 38.9. The van der Waals surface area contributed by atoms with Crippen molar-refractivity contribution in [1.29, 1.82) is 0 Å². The Morgan fingerprint density at radius 3 is 2.76 bits per heavy atom. The highest BCUT2D eigenvalue weighted by Crippen LogP contribution is 2.55. The quantitative estimate of drug-likeness (QED) is 0.577. The van der Waals surface area contributed by atoms with Gasteiger partial charge in [-0.1, -0.05) is 18.1 Å². The number of carbonyl (C=O) groups is 1. The van der Waals surface area contributed by atoms with E-state index in [1.807, 2.05) is 7.05 Å². The molecule has 140 valence electrons. The molecule has 4 rings (SSSR count). The van der Waals surface area contributed by atoms with Crippen molar-refractivity contribution in [2.45, 2.75) is 58.3 Å². The smallest absolute Gasteiger partial charge is 0.310 e. The van der Waals surface area contributed by atoms with Crippen LogP contribution in [-0.2, 0) is 19.0 Å². The van der Waals surface area contributed by atoms with Crippen LogP contribution >= 0.6 is 0 Å². The van der Waals surface area contributed by atoms with Crippen LogP contribution < -0.4 is 0 Å². The molecule has 0 amide bonds. The van der Waals surface area contributed by atoms with E-state index in [1.54, 1.807) is 11.1 Å². The van der Waals surface area contributed by atoms with Gasteiger partial charge in [0.05, 0.1) is 19.1 Å². The zero-order valence-electron chi connectivity index (χ0n) is 15.8. The van der Waals surface area contributed by atoms with Crippen molar-refractivity contribution < 1.29 is 19.0 Å². The molecule has 0 N–H and O–H groups in total. The summed E-state index contributed by atoms with van der Waals surface area (Å²) in [7, 11) is 2.05. The van der Waals surface area contributed by atoms with Crippen LogP contribution in [0.25, 0.3) is 0 Å². The highest BCUT2D eigenvalue weighted by Gasteiger charge is 2.53. The van der Waals surface area contributed by atoms with Gasteiger partial charge in [-0.3, -0.25) is 4.79 Å². The molecule has 0 bridgehead atoms. The predicted octanol–water partition coefficient (Wildman–Crippen LogP) is 2.75. The van der Waals surface area contributed by atoms with Gasteiger partial charge >= 0.3 is 5.97 Å². The van der Waals surface area contributed by atoms with Crippen LogP contribution in [0.5, 0.6) is 0 Å². The van der Waals surface area contributed by atoms with Crippen LogP contribution in [0, 0.1) is 17.3 Å². The number of hydrogen-bond acceptors (Lipinski definition) is 5. The van der Waals surface area contributed by atoms with Crippen molar-refractivity contribution in [3.05, 3.63) is 11.1 Å². The Balaban J connectivity index is 1.46. The number of nitrogens with zero attached hydrogens (tertiary/aromatic N) is 1. The largest absolute Gasteiger partial charge is 0.462 e. The van der Waals surface area contributed by atoms with E-state index < -0.39 is 0 Å². The van der Waals surface area contributed by atoms with Crippen molar-refractivity contribution in [2.24, 2.45) is 17.3 Å². The molecule has 5 nitrogen and oxygen atoms in total. The third-order valence-corrected chi connectivity index (χ3v) is 6.84. The van der Waals surface area contributed by atoms with Gasteiger partial charge in [-0.05, 0) is 51.5 Å². The second kappa shape index (κ2) is 6.67. The summed E-state index contributed by atoms with van der Waals surface area (Å²) in [6.45, 7) is 7.44. The first kappa shape index (κ1) is 17.5. The van der Waals surface area contributed by atoms with E-state index in [0.717, 1.165) is 19.4 Å². The number of allylic oxidation sites excluding steroid dienone is 2. The third-order valence-electron chi connectivity index (χ3n) is 6.84. The molecule has 0 spiro atoms. The minimum Gasteiger partial charge on any atom is -0.462 e. The first-order valence-corrected chi connectivity index (χ1v) is 9.77. The van der Waals surface area contributed by atoms with E-state index in [2.05, 4.69) is 18.7 Å². The van der Waals surface area contributed by atoms with Crippen LogP contribution in [0.15, 0.2) is 11.1 Å². The number of fused-ring (bicyclic) bond motifs is 2. The monoisotopic (exact) mass is 349 g/mol. The van der Waals surface area contributed by atoms with Crippen LogP contribution in [-0.4, -0.2) is 56.6 Å². The van der Waals surface area contributed by atoms with E-state index in [1.165, 1.54) is 19.3 Å². The summed E-state index contributed by atoms with van der Waals surface area (Å²) in [5.74, 6) is 0.301. The fraction of sp³-hybridized carbons (Fsp3) is 0.850. The average molecular weight is 349 g/mol. The van der Waals surface area contributed by atoms with Gasteiger partial charge < -0.3 is 19.1 Å². The van der Waals surface area contributed by atoms with Crippen molar-refractivity contribution in [1.82, 2.24) is 4.90 Å². The topological polar surface area (TPSA) is 48.0 Å². The number of ether oxygens (including phenoxy) is 3. The average Bonchev–Trinajstić information content (AvgIpc) is 3.14. The van der Waals surface area contributed by atoms with Crippen molar-refractivity contribution >= 4 is 5.97 Å².